The SMILES string of the molecule is CC1[C@H]2CC[C@H]3[C@@H]4CC=C5CC(N(C)C)CCC5(C)[C@H]4CC[C@]23CN1C. The van der Waals surface area contributed by atoms with Crippen LogP contribution >= 0.6 is 0 Å². The Labute approximate surface area is 161 Å². The van der Waals surface area contributed by atoms with Crippen molar-refractivity contribution in [1.82, 2.24) is 9.80 Å². The Morgan fingerprint density at radius 3 is 2.58 bits per heavy atom. The van der Waals surface area contributed by atoms with E-state index in [9.17, 15) is 0 Å². The first-order chi connectivity index (χ1) is 12.4. The lowest BCUT2D eigenvalue weighted by Gasteiger charge is -2.58. The van der Waals surface area contributed by atoms with E-state index in [0.717, 1.165) is 35.8 Å². The normalized spacial score (nSPS) is 53.7. The van der Waals surface area contributed by atoms with E-state index in [1.165, 1.54) is 57.9 Å². The highest BCUT2D eigenvalue weighted by atomic mass is 15.2. The highest BCUT2D eigenvalue weighted by Gasteiger charge is 2.63. The van der Waals surface area contributed by atoms with Gasteiger partial charge in [0.05, 0.1) is 0 Å². The van der Waals surface area contributed by atoms with E-state index in [1.807, 2.05) is 5.57 Å². The Morgan fingerprint density at radius 1 is 1.04 bits per heavy atom. The molecule has 0 bridgehead atoms. The lowest BCUT2D eigenvalue weighted by molar-refractivity contribution is -0.0430. The van der Waals surface area contributed by atoms with Gasteiger partial charge < -0.3 is 9.80 Å². The summed E-state index contributed by atoms with van der Waals surface area (Å²) in [4.78, 5) is 5.17. The van der Waals surface area contributed by atoms with E-state index in [0.29, 0.717) is 10.8 Å². The number of rotatable bonds is 1. The summed E-state index contributed by atoms with van der Waals surface area (Å²) in [6, 6.07) is 1.60. The molecule has 0 aromatic heterocycles. The average Bonchev–Trinajstić information content (AvgIpc) is 3.08. The summed E-state index contributed by atoms with van der Waals surface area (Å²) in [6.07, 6.45) is 14.4. The lowest BCUT2D eigenvalue weighted by Crippen LogP contribution is -2.52. The number of likely N-dealkylation sites (tertiary alicyclic amines) is 1. The number of allylic oxidation sites excluding steroid dienone is 1. The minimum atomic E-state index is 0.519. The van der Waals surface area contributed by atoms with Crippen molar-refractivity contribution in [2.75, 3.05) is 27.7 Å². The third-order valence-electron chi connectivity index (χ3n) is 10.4. The molecule has 1 spiro atoms. The molecule has 0 N–H and O–H groups in total. The fourth-order valence-corrected chi connectivity index (χ4v) is 8.88. The zero-order valence-electron chi connectivity index (χ0n) is 17.8. The zero-order valence-corrected chi connectivity index (χ0v) is 17.8. The third-order valence-corrected chi connectivity index (χ3v) is 10.4. The van der Waals surface area contributed by atoms with Gasteiger partial charge in [-0.3, -0.25) is 0 Å². The molecule has 0 radical (unpaired) electrons. The smallest absolute Gasteiger partial charge is 0.0127 e. The maximum absolute atomic E-state index is 2.74. The van der Waals surface area contributed by atoms with Crippen molar-refractivity contribution in [2.45, 2.75) is 77.3 Å². The molecule has 26 heavy (non-hydrogen) atoms. The van der Waals surface area contributed by atoms with Gasteiger partial charge in [0.15, 0.2) is 0 Å². The molecule has 4 fully saturated rings. The maximum Gasteiger partial charge on any atom is 0.0127 e. The lowest BCUT2D eigenvalue weighted by atomic mass is 9.47. The van der Waals surface area contributed by atoms with Crippen LogP contribution in [0.1, 0.15) is 65.2 Å². The Morgan fingerprint density at radius 2 is 1.81 bits per heavy atom. The maximum atomic E-state index is 2.74. The van der Waals surface area contributed by atoms with Crippen molar-refractivity contribution in [3.8, 4) is 0 Å². The second-order valence-electron chi connectivity index (χ2n) is 11.2. The molecule has 146 valence electrons. The molecule has 1 saturated heterocycles. The third kappa shape index (κ3) is 2.18. The zero-order chi connectivity index (χ0) is 18.3. The molecule has 1 aliphatic heterocycles. The van der Waals surface area contributed by atoms with Crippen LogP contribution in [-0.4, -0.2) is 49.6 Å². The van der Waals surface area contributed by atoms with Crippen molar-refractivity contribution in [2.24, 2.45) is 34.5 Å². The van der Waals surface area contributed by atoms with E-state index in [2.05, 4.69) is 50.9 Å². The molecular formula is C24H40N2. The molecular weight excluding hydrogens is 316 g/mol. The first-order valence-electron chi connectivity index (χ1n) is 11.4. The number of hydrogen-bond acceptors (Lipinski definition) is 2. The summed E-state index contributed by atoms with van der Waals surface area (Å²) in [5, 5.41) is 0. The Bertz CT molecular complexity index is 609. The van der Waals surface area contributed by atoms with Crippen LogP contribution in [0.3, 0.4) is 0 Å². The van der Waals surface area contributed by atoms with E-state index in [4.69, 9.17) is 0 Å². The van der Waals surface area contributed by atoms with Gasteiger partial charge in [0.25, 0.3) is 0 Å². The Hall–Kier alpha value is -0.340. The topological polar surface area (TPSA) is 6.48 Å². The number of nitrogens with zero attached hydrogens (tertiary/aromatic N) is 2. The Kier molecular flexibility index (Phi) is 3.98. The minimum absolute atomic E-state index is 0.519. The standard InChI is InChI=1S/C24H40N2/c1-16-20-8-9-22-19-7-6-17-14-18(25(3)4)10-12-23(17,2)21(19)11-13-24(20,22)15-26(16)5/h6,16,18-22H,7-15H2,1-5H3/t16?,18?,19-,20-,21+,22+,23?,24+/m1/s1. The van der Waals surface area contributed by atoms with Crippen LogP contribution in [0.15, 0.2) is 11.6 Å². The largest absolute Gasteiger partial charge is 0.306 e. The van der Waals surface area contributed by atoms with Crippen LogP contribution < -0.4 is 0 Å². The van der Waals surface area contributed by atoms with Crippen molar-refractivity contribution < 1.29 is 0 Å². The first kappa shape index (κ1) is 17.7. The average molecular weight is 357 g/mol. The van der Waals surface area contributed by atoms with Gasteiger partial charge in [-0.05, 0) is 114 Å². The van der Waals surface area contributed by atoms with Crippen LogP contribution in [0.2, 0.25) is 0 Å². The highest BCUT2D eigenvalue weighted by molar-refractivity contribution is 5.26. The van der Waals surface area contributed by atoms with E-state index >= 15 is 0 Å². The summed E-state index contributed by atoms with van der Waals surface area (Å²) < 4.78 is 0. The van der Waals surface area contributed by atoms with E-state index in [1.54, 1.807) is 0 Å². The van der Waals surface area contributed by atoms with Gasteiger partial charge in [-0.1, -0.05) is 18.6 Å². The van der Waals surface area contributed by atoms with Gasteiger partial charge in [-0.25, -0.2) is 0 Å². The predicted octanol–water partition coefficient (Wildman–Crippen LogP) is 4.81. The molecule has 0 aromatic carbocycles. The van der Waals surface area contributed by atoms with Gasteiger partial charge in [-0.15, -0.1) is 0 Å². The van der Waals surface area contributed by atoms with Crippen molar-refractivity contribution in [3.05, 3.63) is 11.6 Å². The van der Waals surface area contributed by atoms with Crippen LogP contribution in [-0.2, 0) is 0 Å². The summed E-state index contributed by atoms with van der Waals surface area (Å²) in [6.45, 7) is 6.56. The summed E-state index contributed by atoms with van der Waals surface area (Å²) in [5.41, 5.74) is 3.04. The molecule has 2 nitrogen and oxygen atoms in total. The molecule has 5 rings (SSSR count). The molecule has 5 aliphatic rings. The summed E-state index contributed by atoms with van der Waals surface area (Å²) >= 11 is 0. The highest BCUT2D eigenvalue weighted by Crippen LogP contribution is 2.68. The van der Waals surface area contributed by atoms with Crippen molar-refractivity contribution in [1.29, 1.82) is 0 Å². The van der Waals surface area contributed by atoms with Crippen LogP contribution in [0.5, 0.6) is 0 Å². The Balaban J connectivity index is 1.45. The first-order valence-corrected chi connectivity index (χ1v) is 11.4. The second-order valence-corrected chi connectivity index (χ2v) is 11.2. The van der Waals surface area contributed by atoms with Gasteiger partial charge in [-0.2, -0.15) is 0 Å². The van der Waals surface area contributed by atoms with Gasteiger partial charge in [0.2, 0.25) is 0 Å². The molecule has 1 heterocycles. The fourth-order valence-electron chi connectivity index (χ4n) is 8.88. The number of hydrogen-bond donors (Lipinski definition) is 0. The molecule has 8 atom stereocenters. The van der Waals surface area contributed by atoms with E-state index < -0.39 is 0 Å². The summed E-state index contributed by atoms with van der Waals surface area (Å²) in [5.74, 6) is 3.96. The minimum Gasteiger partial charge on any atom is -0.306 e. The molecule has 2 heteroatoms. The van der Waals surface area contributed by atoms with Crippen LogP contribution in [0, 0.1) is 34.5 Å². The van der Waals surface area contributed by atoms with Crippen molar-refractivity contribution >= 4 is 0 Å². The molecule has 4 aliphatic carbocycles. The monoisotopic (exact) mass is 356 g/mol. The number of fused-ring (bicyclic) bond motifs is 4. The molecule has 0 aromatic rings. The van der Waals surface area contributed by atoms with Crippen LogP contribution in [0.4, 0.5) is 0 Å². The summed E-state index contributed by atoms with van der Waals surface area (Å²) in [7, 11) is 6.95. The van der Waals surface area contributed by atoms with Gasteiger partial charge in [0, 0.05) is 18.6 Å². The van der Waals surface area contributed by atoms with Gasteiger partial charge >= 0.3 is 0 Å². The van der Waals surface area contributed by atoms with Crippen LogP contribution in [0.25, 0.3) is 0 Å². The molecule has 0 amide bonds. The second kappa shape index (κ2) is 5.83. The van der Waals surface area contributed by atoms with Gasteiger partial charge in [0.1, 0.15) is 0 Å². The fraction of sp³-hybridized carbons (Fsp3) is 0.917. The van der Waals surface area contributed by atoms with E-state index in [-0.39, 0.29) is 0 Å². The van der Waals surface area contributed by atoms with Crippen molar-refractivity contribution in [3.63, 3.8) is 0 Å². The predicted molar refractivity (Wildman–Crippen MR) is 109 cm³/mol. The molecule has 3 saturated carbocycles. The quantitative estimate of drug-likeness (QED) is 0.622. The molecule has 3 unspecified atom stereocenters.